The summed E-state index contributed by atoms with van der Waals surface area (Å²) in [4.78, 5) is 11.9. The standard InChI is InChI=1S/C17H17NO4/c1-21-15-8-3-13(4-9-15)5-12-17(19)18(20)14-6-10-16(22-2)11-7-14/h3-12,20H,1-2H3/b12-5+. The van der Waals surface area contributed by atoms with Crippen molar-refractivity contribution in [1.82, 2.24) is 0 Å². The molecule has 0 aromatic heterocycles. The lowest BCUT2D eigenvalue weighted by Gasteiger charge is -2.13. The Kier molecular flexibility index (Phi) is 5.16. The summed E-state index contributed by atoms with van der Waals surface area (Å²) in [6.45, 7) is 0. The molecule has 5 nitrogen and oxygen atoms in total. The van der Waals surface area contributed by atoms with E-state index in [2.05, 4.69) is 0 Å². The lowest BCUT2D eigenvalue weighted by atomic mass is 10.2. The van der Waals surface area contributed by atoms with Gasteiger partial charge in [-0.3, -0.25) is 10.0 Å². The highest BCUT2D eigenvalue weighted by Crippen LogP contribution is 2.18. The molecule has 0 aliphatic heterocycles. The Bertz CT molecular complexity index is 647. The highest BCUT2D eigenvalue weighted by molar-refractivity contribution is 6.02. The van der Waals surface area contributed by atoms with E-state index in [1.54, 1.807) is 56.7 Å². The number of methoxy groups -OCH3 is 2. The molecule has 114 valence electrons. The van der Waals surface area contributed by atoms with Crippen molar-refractivity contribution in [1.29, 1.82) is 0 Å². The molecule has 5 heteroatoms. The Morgan fingerprint density at radius 3 is 1.95 bits per heavy atom. The van der Waals surface area contributed by atoms with Crippen LogP contribution in [0.1, 0.15) is 5.56 Å². The van der Waals surface area contributed by atoms with Gasteiger partial charge in [0.25, 0.3) is 5.91 Å². The van der Waals surface area contributed by atoms with Gasteiger partial charge < -0.3 is 9.47 Å². The average Bonchev–Trinajstić information content (AvgIpc) is 2.59. The molecule has 0 fully saturated rings. The van der Waals surface area contributed by atoms with E-state index in [4.69, 9.17) is 9.47 Å². The largest absolute Gasteiger partial charge is 0.497 e. The number of ether oxygens (including phenoxy) is 2. The zero-order chi connectivity index (χ0) is 15.9. The molecule has 2 rings (SSSR count). The fourth-order valence-electron chi connectivity index (χ4n) is 1.80. The molecule has 0 unspecified atom stereocenters. The number of rotatable bonds is 5. The van der Waals surface area contributed by atoms with E-state index in [0.717, 1.165) is 11.3 Å². The van der Waals surface area contributed by atoms with Crippen molar-refractivity contribution in [2.24, 2.45) is 0 Å². The molecule has 0 heterocycles. The fraction of sp³-hybridized carbons (Fsp3) is 0.118. The van der Waals surface area contributed by atoms with E-state index in [1.165, 1.54) is 6.08 Å². The van der Waals surface area contributed by atoms with Crippen LogP contribution in [0.3, 0.4) is 0 Å². The maximum atomic E-state index is 11.9. The predicted octanol–water partition coefficient (Wildman–Crippen LogP) is 3.14. The summed E-state index contributed by atoms with van der Waals surface area (Å²) in [5.74, 6) is 0.852. The molecule has 1 N–H and O–H groups in total. The first-order valence-corrected chi connectivity index (χ1v) is 6.63. The van der Waals surface area contributed by atoms with Gasteiger partial charge in [0.2, 0.25) is 0 Å². The van der Waals surface area contributed by atoms with Crippen molar-refractivity contribution < 1.29 is 19.5 Å². The van der Waals surface area contributed by atoms with Crippen molar-refractivity contribution >= 4 is 17.7 Å². The summed E-state index contributed by atoms with van der Waals surface area (Å²) in [7, 11) is 3.14. The van der Waals surface area contributed by atoms with Crippen LogP contribution in [-0.4, -0.2) is 25.3 Å². The molecule has 0 bridgehead atoms. The molecule has 0 spiro atoms. The van der Waals surface area contributed by atoms with E-state index < -0.39 is 5.91 Å². The number of amides is 1. The Balaban J connectivity index is 2.04. The highest BCUT2D eigenvalue weighted by Gasteiger charge is 2.09. The van der Waals surface area contributed by atoms with Gasteiger partial charge >= 0.3 is 0 Å². The second-order valence-electron chi connectivity index (χ2n) is 4.45. The van der Waals surface area contributed by atoms with Crippen LogP contribution in [0.2, 0.25) is 0 Å². The topological polar surface area (TPSA) is 59.0 Å². The Morgan fingerprint density at radius 2 is 1.45 bits per heavy atom. The zero-order valence-electron chi connectivity index (χ0n) is 12.4. The van der Waals surface area contributed by atoms with Gasteiger partial charge in [0, 0.05) is 6.08 Å². The first kappa shape index (κ1) is 15.6. The minimum Gasteiger partial charge on any atom is -0.497 e. The minimum absolute atomic E-state index is 0.366. The second kappa shape index (κ2) is 7.28. The van der Waals surface area contributed by atoms with E-state index in [1.807, 2.05) is 12.1 Å². The number of hydroxylamine groups is 1. The molecular formula is C17H17NO4. The van der Waals surface area contributed by atoms with Gasteiger partial charge in [-0.2, -0.15) is 5.06 Å². The van der Waals surface area contributed by atoms with Gasteiger partial charge in [-0.05, 0) is 48.0 Å². The van der Waals surface area contributed by atoms with Crippen LogP contribution in [0.5, 0.6) is 11.5 Å². The van der Waals surface area contributed by atoms with Crippen molar-refractivity contribution in [3.8, 4) is 11.5 Å². The van der Waals surface area contributed by atoms with Crippen LogP contribution in [0.15, 0.2) is 54.6 Å². The molecule has 22 heavy (non-hydrogen) atoms. The van der Waals surface area contributed by atoms with Crippen molar-refractivity contribution in [3.63, 3.8) is 0 Å². The van der Waals surface area contributed by atoms with Crippen molar-refractivity contribution in [2.45, 2.75) is 0 Å². The molecule has 0 radical (unpaired) electrons. The first-order chi connectivity index (χ1) is 10.6. The average molecular weight is 299 g/mol. The number of anilines is 1. The van der Waals surface area contributed by atoms with Crippen LogP contribution in [0, 0.1) is 0 Å². The van der Waals surface area contributed by atoms with Gasteiger partial charge in [0.05, 0.1) is 19.9 Å². The number of benzene rings is 2. The normalized spacial score (nSPS) is 10.5. The SMILES string of the molecule is COc1ccc(/C=C/C(=O)N(O)c2ccc(OC)cc2)cc1. The van der Waals surface area contributed by atoms with E-state index in [-0.39, 0.29) is 0 Å². The molecule has 2 aromatic carbocycles. The molecule has 0 saturated carbocycles. The number of hydrogen-bond donors (Lipinski definition) is 1. The van der Waals surface area contributed by atoms with Crippen molar-refractivity contribution in [3.05, 3.63) is 60.2 Å². The molecular weight excluding hydrogens is 282 g/mol. The van der Waals surface area contributed by atoms with Gasteiger partial charge in [0.15, 0.2) is 0 Å². The molecule has 0 aliphatic carbocycles. The summed E-state index contributed by atoms with van der Waals surface area (Å²) in [6, 6.07) is 13.7. The zero-order valence-corrected chi connectivity index (χ0v) is 12.4. The molecule has 0 saturated heterocycles. The number of nitrogens with zero attached hydrogens (tertiary/aromatic N) is 1. The third-order valence-electron chi connectivity index (χ3n) is 3.06. The smallest absolute Gasteiger partial charge is 0.274 e. The number of carbonyl (C=O) groups excluding carboxylic acids is 1. The summed E-state index contributed by atoms with van der Waals surface area (Å²) >= 11 is 0. The van der Waals surface area contributed by atoms with Crippen molar-refractivity contribution in [2.75, 3.05) is 19.3 Å². The summed E-state index contributed by atoms with van der Waals surface area (Å²) in [5, 5.41) is 10.5. The van der Waals surface area contributed by atoms with E-state index in [0.29, 0.717) is 16.5 Å². The lowest BCUT2D eigenvalue weighted by molar-refractivity contribution is -0.118. The van der Waals surface area contributed by atoms with E-state index >= 15 is 0 Å². The number of carbonyl (C=O) groups is 1. The number of hydrogen-bond acceptors (Lipinski definition) is 4. The Labute approximate surface area is 129 Å². The molecule has 1 amide bonds. The Hall–Kier alpha value is -2.79. The third-order valence-corrected chi connectivity index (χ3v) is 3.06. The van der Waals surface area contributed by atoms with Gasteiger partial charge in [-0.1, -0.05) is 12.1 Å². The fourth-order valence-corrected chi connectivity index (χ4v) is 1.80. The molecule has 2 aromatic rings. The summed E-state index contributed by atoms with van der Waals surface area (Å²) in [5.41, 5.74) is 1.20. The predicted molar refractivity (Wildman–Crippen MR) is 84.3 cm³/mol. The maximum absolute atomic E-state index is 11.9. The molecule has 0 atom stereocenters. The van der Waals surface area contributed by atoms with Crippen LogP contribution in [-0.2, 0) is 4.79 Å². The van der Waals surface area contributed by atoms with Gasteiger partial charge in [-0.25, -0.2) is 0 Å². The summed E-state index contributed by atoms with van der Waals surface area (Å²) < 4.78 is 10.1. The third kappa shape index (κ3) is 3.86. The van der Waals surface area contributed by atoms with Crippen LogP contribution in [0.4, 0.5) is 5.69 Å². The molecule has 0 aliphatic rings. The summed E-state index contributed by atoms with van der Waals surface area (Å²) in [6.07, 6.45) is 2.92. The minimum atomic E-state index is -0.541. The van der Waals surface area contributed by atoms with Crippen LogP contribution < -0.4 is 14.5 Å². The second-order valence-corrected chi connectivity index (χ2v) is 4.45. The quantitative estimate of drug-likeness (QED) is 0.523. The maximum Gasteiger partial charge on any atom is 0.274 e. The first-order valence-electron chi connectivity index (χ1n) is 6.63. The Morgan fingerprint density at radius 1 is 0.955 bits per heavy atom. The highest BCUT2D eigenvalue weighted by atomic mass is 16.5. The lowest BCUT2D eigenvalue weighted by Crippen LogP contribution is -2.24. The van der Waals surface area contributed by atoms with E-state index in [9.17, 15) is 10.0 Å². The van der Waals surface area contributed by atoms with Gasteiger partial charge in [-0.15, -0.1) is 0 Å². The van der Waals surface area contributed by atoms with Crippen LogP contribution in [0.25, 0.3) is 6.08 Å². The van der Waals surface area contributed by atoms with Gasteiger partial charge in [0.1, 0.15) is 11.5 Å². The monoisotopic (exact) mass is 299 g/mol. The van der Waals surface area contributed by atoms with Crippen LogP contribution >= 0.6 is 0 Å².